The molecule has 0 atom stereocenters. The lowest BCUT2D eigenvalue weighted by atomic mass is 10.1. The Bertz CT molecular complexity index is 1090. The van der Waals surface area contributed by atoms with Gasteiger partial charge in [0, 0.05) is 10.9 Å². The number of halogens is 1. The van der Waals surface area contributed by atoms with Crippen LogP contribution in [0.25, 0.3) is 22.3 Å². The Kier molecular flexibility index (Phi) is 5.29. The van der Waals surface area contributed by atoms with E-state index in [-0.39, 0.29) is 5.82 Å². The molecule has 0 aliphatic rings. The Morgan fingerprint density at radius 3 is 2.39 bits per heavy atom. The molecular weight excluding hydrogens is 349 g/mol. The van der Waals surface area contributed by atoms with Gasteiger partial charge in [0.25, 0.3) is 0 Å². The largest absolute Gasteiger partial charge is 0.337 e. The minimum atomic E-state index is -0.313. The predicted molar refractivity (Wildman–Crippen MR) is 113 cm³/mol. The van der Waals surface area contributed by atoms with Gasteiger partial charge in [0.2, 0.25) is 0 Å². The minimum absolute atomic E-state index is 0.313. The quantitative estimate of drug-likeness (QED) is 0.419. The molecule has 0 fully saturated rings. The third kappa shape index (κ3) is 3.86. The molecule has 0 aliphatic carbocycles. The first-order chi connectivity index (χ1) is 13.7. The van der Waals surface area contributed by atoms with Gasteiger partial charge in [0.1, 0.15) is 11.6 Å². The van der Waals surface area contributed by atoms with E-state index in [1.165, 1.54) is 24.5 Å². The SMILES string of the molecule is CCCCc1ccc(-c2nc(Nc3ccccc3F)c3ccccc3n2)cc1. The van der Waals surface area contributed by atoms with Crippen LogP contribution in [0.5, 0.6) is 0 Å². The van der Waals surface area contributed by atoms with E-state index in [1.807, 2.05) is 24.3 Å². The summed E-state index contributed by atoms with van der Waals surface area (Å²) in [5, 5.41) is 3.99. The van der Waals surface area contributed by atoms with Crippen LogP contribution in [0.1, 0.15) is 25.3 Å². The van der Waals surface area contributed by atoms with Crippen molar-refractivity contribution < 1.29 is 4.39 Å². The predicted octanol–water partition coefficient (Wildman–Crippen LogP) is 6.52. The summed E-state index contributed by atoms with van der Waals surface area (Å²) in [6.07, 6.45) is 3.44. The number of fused-ring (bicyclic) bond motifs is 1. The molecular formula is C24H22FN3. The van der Waals surface area contributed by atoms with Crippen molar-refractivity contribution >= 4 is 22.4 Å². The zero-order valence-corrected chi connectivity index (χ0v) is 15.8. The first-order valence-electron chi connectivity index (χ1n) is 9.62. The second-order valence-electron chi connectivity index (χ2n) is 6.82. The smallest absolute Gasteiger partial charge is 0.162 e. The van der Waals surface area contributed by atoms with Crippen molar-refractivity contribution in [3.05, 3.63) is 84.2 Å². The highest BCUT2D eigenvalue weighted by Gasteiger charge is 2.11. The average molecular weight is 371 g/mol. The van der Waals surface area contributed by atoms with Gasteiger partial charge in [-0.3, -0.25) is 0 Å². The average Bonchev–Trinajstić information content (AvgIpc) is 2.74. The summed E-state index contributed by atoms with van der Waals surface area (Å²) in [5.74, 6) is 0.910. The molecule has 0 bridgehead atoms. The number of hydrogen-bond acceptors (Lipinski definition) is 3. The molecule has 1 N–H and O–H groups in total. The lowest BCUT2D eigenvalue weighted by Crippen LogP contribution is -2.00. The summed E-state index contributed by atoms with van der Waals surface area (Å²) in [7, 11) is 0. The molecule has 0 amide bonds. The maximum Gasteiger partial charge on any atom is 0.162 e. The summed E-state index contributed by atoms with van der Waals surface area (Å²) < 4.78 is 14.1. The van der Waals surface area contributed by atoms with Gasteiger partial charge in [-0.05, 0) is 42.7 Å². The Morgan fingerprint density at radius 1 is 0.857 bits per heavy atom. The fourth-order valence-electron chi connectivity index (χ4n) is 3.19. The van der Waals surface area contributed by atoms with Gasteiger partial charge in [-0.2, -0.15) is 0 Å². The number of benzene rings is 3. The van der Waals surface area contributed by atoms with Crippen LogP contribution in [0.3, 0.4) is 0 Å². The first kappa shape index (κ1) is 18.1. The fourth-order valence-corrected chi connectivity index (χ4v) is 3.19. The third-order valence-electron chi connectivity index (χ3n) is 4.76. The third-order valence-corrected chi connectivity index (χ3v) is 4.76. The highest BCUT2D eigenvalue weighted by molar-refractivity contribution is 5.92. The fraction of sp³-hybridized carbons (Fsp3) is 0.167. The van der Waals surface area contributed by atoms with Crippen LogP contribution in [0.4, 0.5) is 15.9 Å². The molecule has 4 aromatic rings. The molecule has 0 saturated carbocycles. The number of nitrogens with zero attached hydrogens (tertiary/aromatic N) is 2. The summed E-state index contributed by atoms with van der Waals surface area (Å²) in [5.41, 5.74) is 3.48. The van der Waals surface area contributed by atoms with Gasteiger partial charge < -0.3 is 5.32 Å². The number of rotatable bonds is 6. The first-order valence-corrected chi connectivity index (χ1v) is 9.62. The molecule has 1 aromatic heterocycles. The molecule has 0 spiro atoms. The van der Waals surface area contributed by atoms with Crippen LogP contribution in [0.2, 0.25) is 0 Å². The van der Waals surface area contributed by atoms with Crippen molar-refractivity contribution in [1.29, 1.82) is 0 Å². The van der Waals surface area contributed by atoms with E-state index in [1.54, 1.807) is 18.2 Å². The highest BCUT2D eigenvalue weighted by Crippen LogP contribution is 2.28. The van der Waals surface area contributed by atoms with E-state index in [0.717, 1.165) is 22.9 Å². The van der Waals surface area contributed by atoms with Crippen LogP contribution < -0.4 is 5.32 Å². The standard InChI is InChI=1S/C24H22FN3/c1-2-3-8-17-13-15-18(16-14-17)23-26-21-11-6-4-9-19(21)24(28-23)27-22-12-7-5-10-20(22)25/h4-7,9-16H,2-3,8H2,1H3,(H,26,27,28). The lowest BCUT2D eigenvalue weighted by Gasteiger charge is -2.12. The Hall–Kier alpha value is -3.27. The van der Waals surface area contributed by atoms with Crippen molar-refractivity contribution in [2.75, 3.05) is 5.32 Å². The van der Waals surface area contributed by atoms with Gasteiger partial charge in [-0.25, -0.2) is 14.4 Å². The summed E-state index contributed by atoms with van der Waals surface area (Å²) in [4.78, 5) is 9.43. The lowest BCUT2D eigenvalue weighted by molar-refractivity contribution is 0.632. The topological polar surface area (TPSA) is 37.8 Å². The van der Waals surface area contributed by atoms with E-state index in [9.17, 15) is 4.39 Å². The number of aromatic nitrogens is 2. The minimum Gasteiger partial charge on any atom is -0.337 e. The van der Waals surface area contributed by atoms with Gasteiger partial charge in [0.05, 0.1) is 11.2 Å². The maximum atomic E-state index is 14.1. The molecule has 3 aromatic carbocycles. The van der Waals surface area contributed by atoms with E-state index in [4.69, 9.17) is 9.97 Å². The molecule has 4 rings (SSSR count). The Labute approximate surface area is 164 Å². The van der Waals surface area contributed by atoms with Crippen LogP contribution in [-0.4, -0.2) is 9.97 Å². The molecule has 3 nitrogen and oxygen atoms in total. The van der Waals surface area contributed by atoms with Crippen molar-refractivity contribution in [3.63, 3.8) is 0 Å². The van der Waals surface area contributed by atoms with E-state index in [0.29, 0.717) is 17.3 Å². The van der Waals surface area contributed by atoms with Crippen molar-refractivity contribution in [2.45, 2.75) is 26.2 Å². The van der Waals surface area contributed by atoms with Crippen molar-refractivity contribution in [2.24, 2.45) is 0 Å². The van der Waals surface area contributed by atoms with E-state index >= 15 is 0 Å². The summed E-state index contributed by atoms with van der Waals surface area (Å²) >= 11 is 0. The Morgan fingerprint density at radius 2 is 1.61 bits per heavy atom. The van der Waals surface area contributed by atoms with Gasteiger partial charge in [-0.1, -0.05) is 61.9 Å². The van der Waals surface area contributed by atoms with E-state index < -0.39 is 0 Å². The second-order valence-corrected chi connectivity index (χ2v) is 6.82. The van der Waals surface area contributed by atoms with Crippen molar-refractivity contribution in [3.8, 4) is 11.4 Å². The number of unbranched alkanes of at least 4 members (excludes halogenated alkanes) is 1. The number of nitrogens with one attached hydrogen (secondary N) is 1. The Balaban J connectivity index is 1.74. The summed E-state index contributed by atoms with van der Waals surface area (Å²) in [6, 6.07) is 22.7. The number of anilines is 2. The molecule has 140 valence electrons. The highest BCUT2D eigenvalue weighted by atomic mass is 19.1. The molecule has 1 heterocycles. The normalized spacial score (nSPS) is 10.9. The van der Waals surface area contributed by atoms with Crippen LogP contribution in [-0.2, 0) is 6.42 Å². The van der Waals surface area contributed by atoms with Crippen LogP contribution >= 0.6 is 0 Å². The van der Waals surface area contributed by atoms with Gasteiger partial charge in [0.15, 0.2) is 5.82 Å². The molecule has 0 saturated heterocycles. The van der Waals surface area contributed by atoms with Crippen LogP contribution in [0, 0.1) is 5.82 Å². The molecule has 4 heteroatoms. The zero-order valence-electron chi connectivity index (χ0n) is 15.8. The maximum absolute atomic E-state index is 14.1. The van der Waals surface area contributed by atoms with Crippen molar-refractivity contribution in [1.82, 2.24) is 9.97 Å². The number of aryl methyl sites for hydroxylation is 1. The molecule has 0 aliphatic heterocycles. The zero-order chi connectivity index (χ0) is 19.3. The second kappa shape index (κ2) is 8.17. The van der Waals surface area contributed by atoms with Crippen LogP contribution in [0.15, 0.2) is 72.8 Å². The summed E-state index contributed by atoms with van der Waals surface area (Å²) in [6.45, 7) is 2.20. The number of para-hydroxylation sites is 2. The molecule has 0 unspecified atom stereocenters. The monoisotopic (exact) mass is 371 g/mol. The van der Waals surface area contributed by atoms with E-state index in [2.05, 4.69) is 36.5 Å². The number of hydrogen-bond donors (Lipinski definition) is 1. The van der Waals surface area contributed by atoms with Gasteiger partial charge in [-0.15, -0.1) is 0 Å². The van der Waals surface area contributed by atoms with Gasteiger partial charge >= 0.3 is 0 Å². The molecule has 28 heavy (non-hydrogen) atoms. The molecule has 0 radical (unpaired) electrons.